The third kappa shape index (κ3) is 25.4. The molecule has 0 fully saturated rings. The van der Waals surface area contributed by atoms with Crippen molar-refractivity contribution in [1.29, 1.82) is 0 Å². The van der Waals surface area contributed by atoms with Gasteiger partial charge in [0.1, 0.15) is 0 Å². The van der Waals surface area contributed by atoms with E-state index in [0.29, 0.717) is 12.5 Å². The Hall–Kier alpha value is -1.06. The van der Waals surface area contributed by atoms with Crippen LogP contribution in [-0.4, -0.2) is 24.6 Å². The Bertz CT molecular complexity index is 447. The Morgan fingerprint density at radius 2 is 0.970 bits per heavy atom. The van der Waals surface area contributed by atoms with Gasteiger partial charge in [-0.2, -0.15) is 0 Å². The highest BCUT2D eigenvalue weighted by Gasteiger charge is 2.13. The molecule has 0 aromatic rings. The van der Waals surface area contributed by atoms with Crippen molar-refractivity contribution in [3.05, 3.63) is 0 Å². The van der Waals surface area contributed by atoms with E-state index in [1.165, 1.54) is 96.3 Å². The first-order chi connectivity index (χ1) is 16.0. The van der Waals surface area contributed by atoms with E-state index in [-0.39, 0.29) is 30.9 Å². The molecule has 0 amide bonds. The Kier molecular flexibility index (Phi) is 23.3. The van der Waals surface area contributed by atoms with Crippen LogP contribution < -0.4 is 0 Å². The number of ether oxygens (including phenoxy) is 2. The second-order valence-corrected chi connectivity index (χ2v) is 10.3. The van der Waals surface area contributed by atoms with Gasteiger partial charge in [0.2, 0.25) is 0 Å². The van der Waals surface area contributed by atoms with Gasteiger partial charge in [-0.3, -0.25) is 9.59 Å². The molecule has 0 aliphatic carbocycles. The molecule has 0 rings (SSSR count). The number of hydrogen-bond acceptors (Lipinski definition) is 4. The molecule has 33 heavy (non-hydrogen) atoms. The van der Waals surface area contributed by atoms with Gasteiger partial charge in [0.15, 0.2) is 0 Å². The molecule has 0 aromatic carbocycles. The monoisotopic (exact) mass is 468 g/mol. The van der Waals surface area contributed by atoms with Crippen LogP contribution in [0.2, 0.25) is 0 Å². The number of rotatable bonds is 24. The molecular weight excluding hydrogens is 412 g/mol. The van der Waals surface area contributed by atoms with Crippen LogP contribution in [0.5, 0.6) is 0 Å². The van der Waals surface area contributed by atoms with Crippen LogP contribution in [0.1, 0.15) is 156 Å². The van der Waals surface area contributed by atoms with Crippen LogP contribution in [0, 0.1) is 5.92 Å². The van der Waals surface area contributed by atoms with Crippen molar-refractivity contribution in [1.82, 2.24) is 0 Å². The third-order valence-corrected chi connectivity index (χ3v) is 6.18. The minimum absolute atomic E-state index is 0.0941. The maximum Gasteiger partial charge on any atom is 0.306 e. The van der Waals surface area contributed by atoms with E-state index < -0.39 is 0 Å². The Morgan fingerprint density at radius 1 is 0.576 bits per heavy atom. The summed E-state index contributed by atoms with van der Waals surface area (Å²) in [7, 11) is 0. The smallest absolute Gasteiger partial charge is 0.306 e. The van der Waals surface area contributed by atoms with E-state index in [4.69, 9.17) is 9.47 Å². The largest absolute Gasteiger partial charge is 0.466 e. The number of unbranched alkanes of at least 4 members (excludes halogenated alkanes) is 16. The molecule has 0 saturated heterocycles. The lowest BCUT2D eigenvalue weighted by Crippen LogP contribution is -2.18. The minimum Gasteiger partial charge on any atom is -0.466 e. The molecule has 1 unspecified atom stereocenters. The van der Waals surface area contributed by atoms with Crippen LogP contribution in [0.3, 0.4) is 0 Å². The Morgan fingerprint density at radius 3 is 1.39 bits per heavy atom. The van der Waals surface area contributed by atoms with Crippen molar-refractivity contribution in [2.24, 2.45) is 5.92 Å². The second kappa shape index (κ2) is 24.1. The van der Waals surface area contributed by atoms with Gasteiger partial charge < -0.3 is 9.47 Å². The summed E-state index contributed by atoms with van der Waals surface area (Å²) in [6.45, 7) is 8.84. The molecule has 4 nitrogen and oxygen atoms in total. The topological polar surface area (TPSA) is 52.6 Å². The molecule has 0 aromatic heterocycles. The zero-order valence-corrected chi connectivity index (χ0v) is 22.6. The number of hydrogen-bond donors (Lipinski definition) is 0. The highest BCUT2D eigenvalue weighted by molar-refractivity contribution is 5.77. The summed E-state index contributed by atoms with van der Waals surface area (Å²) in [6, 6.07) is 0. The van der Waals surface area contributed by atoms with E-state index in [9.17, 15) is 9.59 Å². The maximum atomic E-state index is 11.8. The van der Waals surface area contributed by atoms with E-state index >= 15 is 0 Å². The average Bonchev–Trinajstić information content (AvgIpc) is 2.76. The van der Waals surface area contributed by atoms with E-state index in [2.05, 4.69) is 20.8 Å². The quantitative estimate of drug-likeness (QED) is 0.105. The fourth-order valence-electron chi connectivity index (χ4n) is 4.28. The van der Waals surface area contributed by atoms with Crippen molar-refractivity contribution in [3.8, 4) is 0 Å². The van der Waals surface area contributed by atoms with Crippen LogP contribution in [-0.2, 0) is 19.1 Å². The highest BCUT2D eigenvalue weighted by atomic mass is 16.5. The molecule has 0 saturated carbocycles. The van der Waals surface area contributed by atoms with Crippen LogP contribution >= 0.6 is 0 Å². The molecular formula is C29H56O4. The average molecular weight is 469 g/mol. The summed E-state index contributed by atoms with van der Waals surface area (Å²) >= 11 is 0. The van der Waals surface area contributed by atoms with Gasteiger partial charge in [0, 0.05) is 0 Å². The molecule has 0 N–H and O–H groups in total. The molecule has 4 heteroatoms. The summed E-state index contributed by atoms with van der Waals surface area (Å²) in [5.74, 6) is -0.111. The molecule has 196 valence electrons. The Balaban J connectivity index is 3.30. The van der Waals surface area contributed by atoms with Crippen LogP contribution in [0.4, 0.5) is 0 Å². The van der Waals surface area contributed by atoms with Crippen LogP contribution in [0.25, 0.3) is 0 Å². The van der Waals surface area contributed by atoms with Gasteiger partial charge in [-0.05, 0) is 25.7 Å². The summed E-state index contributed by atoms with van der Waals surface area (Å²) in [4.78, 5) is 23.5. The van der Waals surface area contributed by atoms with Gasteiger partial charge in [-0.25, -0.2) is 0 Å². The number of esters is 2. The maximum absolute atomic E-state index is 11.8. The lowest BCUT2D eigenvalue weighted by molar-refractivity contribution is -0.153. The lowest BCUT2D eigenvalue weighted by Gasteiger charge is -2.15. The van der Waals surface area contributed by atoms with Gasteiger partial charge in [-0.1, -0.05) is 124 Å². The summed E-state index contributed by atoms with van der Waals surface area (Å²) in [5, 5.41) is 0. The fourth-order valence-corrected chi connectivity index (χ4v) is 4.28. The zero-order valence-electron chi connectivity index (χ0n) is 22.6. The second-order valence-electron chi connectivity index (χ2n) is 10.3. The predicted molar refractivity (Wildman–Crippen MR) is 139 cm³/mol. The molecule has 0 bridgehead atoms. The van der Waals surface area contributed by atoms with E-state index in [1.807, 2.05) is 6.92 Å². The van der Waals surface area contributed by atoms with Gasteiger partial charge in [-0.15, -0.1) is 0 Å². The van der Waals surface area contributed by atoms with Crippen molar-refractivity contribution < 1.29 is 19.1 Å². The van der Waals surface area contributed by atoms with Crippen molar-refractivity contribution in [3.63, 3.8) is 0 Å². The van der Waals surface area contributed by atoms with Gasteiger partial charge in [0.25, 0.3) is 0 Å². The highest BCUT2D eigenvalue weighted by Crippen LogP contribution is 2.14. The Labute approximate surface area is 206 Å². The summed E-state index contributed by atoms with van der Waals surface area (Å²) in [6.07, 6.45) is 23.7. The molecule has 0 aliphatic heterocycles. The van der Waals surface area contributed by atoms with Gasteiger partial charge >= 0.3 is 11.9 Å². The summed E-state index contributed by atoms with van der Waals surface area (Å²) < 4.78 is 10.5. The third-order valence-electron chi connectivity index (χ3n) is 6.18. The van der Waals surface area contributed by atoms with Crippen molar-refractivity contribution in [2.75, 3.05) is 6.61 Å². The molecule has 0 aliphatic rings. The molecule has 0 heterocycles. The molecule has 0 radical (unpaired) electrons. The van der Waals surface area contributed by atoms with E-state index in [1.54, 1.807) is 0 Å². The zero-order chi connectivity index (χ0) is 24.6. The first kappa shape index (κ1) is 31.9. The lowest BCUT2D eigenvalue weighted by atomic mass is 10.0. The first-order valence-corrected chi connectivity index (χ1v) is 14.3. The number of carbonyl (C=O) groups excluding carboxylic acids is 2. The standard InChI is InChI=1S/C29H56O4/c1-5-6-7-8-9-10-11-12-13-14-15-16-17-18-19-20-21-24-32-28(30)22-23-29(31)33-27(4)25-26(2)3/h26-27H,5-25H2,1-4H3. The summed E-state index contributed by atoms with van der Waals surface area (Å²) in [5.41, 5.74) is 0. The van der Waals surface area contributed by atoms with Gasteiger partial charge in [0.05, 0.1) is 25.6 Å². The fraction of sp³-hybridized carbons (Fsp3) is 0.931. The first-order valence-electron chi connectivity index (χ1n) is 14.3. The normalized spacial score (nSPS) is 12.2. The van der Waals surface area contributed by atoms with E-state index in [0.717, 1.165) is 19.3 Å². The minimum atomic E-state index is -0.307. The SMILES string of the molecule is CCCCCCCCCCCCCCCCCCCOC(=O)CCC(=O)OC(C)CC(C)C. The molecule has 1 atom stereocenters. The number of carbonyl (C=O) groups is 2. The van der Waals surface area contributed by atoms with Crippen molar-refractivity contribution >= 4 is 11.9 Å². The van der Waals surface area contributed by atoms with Crippen molar-refractivity contribution in [2.45, 2.75) is 162 Å². The van der Waals surface area contributed by atoms with Crippen LogP contribution in [0.15, 0.2) is 0 Å². The molecule has 0 spiro atoms. The predicted octanol–water partition coefficient (Wildman–Crippen LogP) is 8.94.